The molecule has 0 aliphatic carbocycles. The zero-order valence-corrected chi connectivity index (χ0v) is 13.1. The Morgan fingerprint density at radius 1 is 1.43 bits per heavy atom. The molecule has 1 heterocycles. The largest absolute Gasteiger partial charge is 0.497 e. The molecule has 0 radical (unpaired) electrons. The Labute approximate surface area is 125 Å². The maximum atomic E-state index is 11.8. The summed E-state index contributed by atoms with van der Waals surface area (Å²) >= 11 is 0. The molecule has 0 saturated heterocycles. The van der Waals surface area contributed by atoms with Gasteiger partial charge < -0.3 is 14.2 Å². The summed E-state index contributed by atoms with van der Waals surface area (Å²) in [6.07, 6.45) is 0.808. The lowest BCUT2D eigenvalue weighted by atomic mass is 10.0. The summed E-state index contributed by atoms with van der Waals surface area (Å²) in [5.74, 6) is 1.37. The highest BCUT2D eigenvalue weighted by molar-refractivity contribution is 5.72. The lowest BCUT2D eigenvalue weighted by Gasteiger charge is -2.27. The Morgan fingerprint density at radius 2 is 2.19 bits per heavy atom. The molecule has 0 amide bonds. The molecule has 0 fully saturated rings. The predicted molar refractivity (Wildman–Crippen MR) is 79.7 cm³/mol. The summed E-state index contributed by atoms with van der Waals surface area (Å²) in [4.78, 5) is 11.8. The fourth-order valence-corrected chi connectivity index (χ4v) is 2.30. The molecule has 5 heteroatoms. The van der Waals surface area contributed by atoms with Gasteiger partial charge in [0.25, 0.3) is 0 Å². The summed E-state index contributed by atoms with van der Waals surface area (Å²) in [7, 11) is 1.63. The Bertz CT molecular complexity index is 507. The summed E-state index contributed by atoms with van der Waals surface area (Å²) < 4.78 is 16.2. The second kappa shape index (κ2) is 6.35. The number of methoxy groups -OCH3 is 1. The molecule has 5 nitrogen and oxygen atoms in total. The highest BCUT2D eigenvalue weighted by atomic mass is 16.6. The number of ether oxygens (including phenoxy) is 3. The SMILES string of the molecule is COc1ccc2c(c1)C(NCC(=O)OC(C)(C)C)CCO2. The quantitative estimate of drug-likeness (QED) is 0.864. The molecule has 116 valence electrons. The summed E-state index contributed by atoms with van der Waals surface area (Å²) in [5.41, 5.74) is 0.555. The first-order valence-electron chi connectivity index (χ1n) is 7.15. The van der Waals surface area contributed by atoms with Crippen molar-refractivity contribution in [2.45, 2.75) is 38.8 Å². The van der Waals surface area contributed by atoms with E-state index in [9.17, 15) is 4.79 Å². The first-order chi connectivity index (χ1) is 9.89. The molecule has 1 aromatic carbocycles. The third kappa shape index (κ3) is 4.36. The van der Waals surface area contributed by atoms with Crippen molar-refractivity contribution in [2.24, 2.45) is 0 Å². The fourth-order valence-electron chi connectivity index (χ4n) is 2.30. The van der Waals surface area contributed by atoms with E-state index in [1.54, 1.807) is 7.11 Å². The van der Waals surface area contributed by atoms with Gasteiger partial charge in [-0.25, -0.2) is 0 Å². The van der Waals surface area contributed by atoms with Crippen molar-refractivity contribution >= 4 is 5.97 Å². The molecular weight excluding hydrogens is 270 g/mol. The predicted octanol–water partition coefficient (Wildman–Crippen LogP) is 2.45. The van der Waals surface area contributed by atoms with Crippen molar-refractivity contribution in [1.29, 1.82) is 0 Å². The van der Waals surface area contributed by atoms with Crippen molar-refractivity contribution in [1.82, 2.24) is 5.32 Å². The number of benzene rings is 1. The van der Waals surface area contributed by atoms with Gasteiger partial charge in [0.1, 0.15) is 17.1 Å². The molecule has 0 saturated carbocycles. The molecule has 1 aromatic rings. The lowest BCUT2D eigenvalue weighted by molar-refractivity contribution is -0.153. The highest BCUT2D eigenvalue weighted by Gasteiger charge is 2.23. The van der Waals surface area contributed by atoms with E-state index in [4.69, 9.17) is 14.2 Å². The number of nitrogens with one attached hydrogen (secondary N) is 1. The fraction of sp³-hybridized carbons (Fsp3) is 0.562. The van der Waals surface area contributed by atoms with Crippen LogP contribution in [0, 0.1) is 0 Å². The molecule has 0 bridgehead atoms. The zero-order chi connectivity index (χ0) is 15.5. The average Bonchev–Trinajstić information content (AvgIpc) is 2.42. The third-order valence-corrected chi connectivity index (χ3v) is 3.17. The van der Waals surface area contributed by atoms with Crippen LogP contribution in [0.4, 0.5) is 0 Å². The van der Waals surface area contributed by atoms with Crippen LogP contribution in [-0.2, 0) is 9.53 Å². The number of esters is 1. The molecule has 1 unspecified atom stereocenters. The maximum absolute atomic E-state index is 11.8. The Kier molecular flexibility index (Phi) is 4.73. The molecule has 1 N–H and O–H groups in total. The van der Waals surface area contributed by atoms with Crippen LogP contribution in [0.25, 0.3) is 0 Å². The number of carbonyl (C=O) groups excluding carboxylic acids is 1. The molecule has 2 rings (SSSR count). The normalized spacial score (nSPS) is 17.6. The van der Waals surface area contributed by atoms with E-state index < -0.39 is 5.60 Å². The Hall–Kier alpha value is -1.75. The van der Waals surface area contributed by atoms with Crippen LogP contribution in [0.15, 0.2) is 18.2 Å². The van der Waals surface area contributed by atoms with Gasteiger partial charge in [-0.15, -0.1) is 0 Å². The van der Waals surface area contributed by atoms with Gasteiger partial charge in [0.05, 0.1) is 20.3 Å². The van der Waals surface area contributed by atoms with Crippen molar-refractivity contribution in [2.75, 3.05) is 20.3 Å². The van der Waals surface area contributed by atoms with E-state index in [0.717, 1.165) is 23.5 Å². The van der Waals surface area contributed by atoms with Gasteiger partial charge in [0, 0.05) is 18.0 Å². The van der Waals surface area contributed by atoms with Crippen molar-refractivity contribution in [3.05, 3.63) is 23.8 Å². The van der Waals surface area contributed by atoms with Gasteiger partial charge in [-0.05, 0) is 39.0 Å². The van der Waals surface area contributed by atoms with Gasteiger partial charge >= 0.3 is 5.97 Å². The first-order valence-corrected chi connectivity index (χ1v) is 7.15. The molecule has 1 aliphatic heterocycles. The van der Waals surface area contributed by atoms with Crippen LogP contribution in [0.5, 0.6) is 11.5 Å². The van der Waals surface area contributed by atoms with Crippen LogP contribution in [-0.4, -0.2) is 31.8 Å². The summed E-state index contributed by atoms with van der Waals surface area (Å²) in [5, 5.41) is 3.24. The van der Waals surface area contributed by atoms with E-state index in [-0.39, 0.29) is 18.6 Å². The zero-order valence-electron chi connectivity index (χ0n) is 13.1. The van der Waals surface area contributed by atoms with Crippen molar-refractivity contribution in [3.63, 3.8) is 0 Å². The van der Waals surface area contributed by atoms with Gasteiger partial charge in [-0.1, -0.05) is 0 Å². The molecule has 1 aliphatic rings. The number of hydrogen-bond acceptors (Lipinski definition) is 5. The standard InChI is InChI=1S/C16H23NO4/c1-16(2,3)21-15(18)10-17-13-7-8-20-14-6-5-11(19-4)9-12(13)14/h5-6,9,13,17H,7-8,10H2,1-4H3. The third-order valence-electron chi connectivity index (χ3n) is 3.17. The van der Waals surface area contributed by atoms with E-state index >= 15 is 0 Å². The monoisotopic (exact) mass is 293 g/mol. The summed E-state index contributed by atoms with van der Waals surface area (Å²) in [6, 6.07) is 5.78. The van der Waals surface area contributed by atoms with Crippen molar-refractivity contribution < 1.29 is 19.0 Å². The van der Waals surface area contributed by atoms with E-state index in [2.05, 4.69) is 5.32 Å². The molecule has 0 aromatic heterocycles. The van der Waals surface area contributed by atoms with Crippen LogP contribution in [0.2, 0.25) is 0 Å². The van der Waals surface area contributed by atoms with Crippen LogP contribution >= 0.6 is 0 Å². The summed E-state index contributed by atoms with van der Waals surface area (Å²) in [6.45, 7) is 6.39. The van der Waals surface area contributed by atoms with Gasteiger partial charge in [-0.2, -0.15) is 0 Å². The van der Waals surface area contributed by atoms with Crippen LogP contribution < -0.4 is 14.8 Å². The molecular formula is C16H23NO4. The first kappa shape index (κ1) is 15.6. The second-order valence-electron chi connectivity index (χ2n) is 6.06. The van der Waals surface area contributed by atoms with Crippen molar-refractivity contribution in [3.8, 4) is 11.5 Å². The number of hydrogen-bond donors (Lipinski definition) is 1. The minimum absolute atomic E-state index is 0.0661. The number of rotatable bonds is 4. The average molecular weight is 293 g/mol. The van der Waals surface area contributed by atoms with Gasteiger partial charge in [0.15, 0.2) is 0 Å². The van der Waals surface area contributed by atoms with Crippen LogP contribution in [0.1, 0.15) is 38.8 Å². The van der Waals surface area contributed by atoms with Gasteiger partial charge in [-0.3, -0.25) is 10.1 Å². The minimum atomic E-state index is -0.463. The number of fused-ring (bicyclic) bond motifs is 1. The highest BCUT2D eigenvalue weighted by Crippen LogP contribution is 2.34. The van der Waals surface area contributed by atoms with Crippen LogP contribution in [0.3, 0.4) is 0 Å². The van der Waals surface area contributed by atoms with E-state index in [1.807, 2.05) is 39.0 Å². The smallest absolute Gasteiger partial charge is 0.320 e. The topological polar surface area (TPSA) is 56.8 Å². The minimum Gasteiger partial charge on any atom is -0.497 e. The lowest BCUT2D eigenvalue weighted by Crippen LogP contribution is -2.35. The second-order valence-corrected chi connectivity index (χ2v) is 6.06. The molecule has 0 spiro atoms. The van der Waals surface area contributed by atoms with E-state index in [0.29, 0.717) is 6.61 Å². The molecule has 21 heavy (non-hydrogen) atoms. The van der Waals surface area contributed by atoms with E-state index in [1.165, 1.54) is 0 Å². The van der Waals surface area contributed by atoms with Gasteiger partial charge in [0.2, 0.25) is 0 Å². The maximum Gasteiger partial charge on any atom is 0.320 e. The Morgan fingerprint density at radius 3 is 2.86 bits per heavy atom. The Balaban J connectivity index is 2.01. The number of carbonyl (C=O) groups is 1. The molecule has 1 atom stereocenters.